The number of hydrogen-bond acceptors (Lipinski definition) is 4. The summed E-state index contributed by atoms with van der Waals surface area (Å²) in [7, 11) is 0. The van der Waals surface area contributed by atoms with Gasteiger partial charge in [0.15, 0.2) is 0 Å². The number of piperazine rings is 1. The number of carbonyl (C=O) groups excluding carboxylic acids is 1. The fourth-order valence-electron chi connectivity index (χ4n) is 2.23. The molecule has 1 saturated heterocycles. The highest BCUT2D eigenvalue weighted by Gasteiger charge is 2.21. The third kappa shape index (κ3) is 3.90. The highest BCUT2D eigenvalue weighted by molar-refractivity contribution is 5.90. The molecule has 1 fully saturated rings. The number of β-amino-alcohol motifs (C(OH)–C–C–N with tert-alkyl or cyclic N) is 1. The first-order chi connectivity index (χ1) is 10.1. The largest absolute Gasteiger partial charge is 0.395 e. The average Bonchev–Trinajstić information content (AvgIpc) is 2.50. The van der Waals surface area contributed by atoms with Crippen LogP contribution in [0.3, 0.4) is 0 Å². The molecular formula is C14H17FN4O2. The van der Waals surface area contributed by atoms with Gasteiger partial charge in [0.25, 0.3) is 0 Å². The Morgan fingerprint density at radius 1 is 1.38 bits per heavy atom. The van der Waals surface area contributed by atoms with Crippen LogP contribution in [-0.2, 0) is 0 Å². The van der Waals surface area contributed by atoms with E-state index in [1.54, 1.807) is 4.90 Å². The summed E-state index contributed by atoms with van der Waals surface area (Å²) in [6, 6.07) is 5.23. The van der Waals surface area contributed by atoms with Crippen LogP contribution in [0.1, 0.15) is 5.56 Å². The lowest BCUT2D eigenvalue weighted by atomic mass is 10.2. The second-order valence-electron chi connectivity index (χ2n) is 4.78. The van der Waals surface area contributed by atoms with Crippen LogP contribution in [0.25, 0.3) is 0 Å². The lowest BCUT2D eigenvalue weighted by Gasteiger charge is -2.34. The fourth-order valence-corrected chi connectivity index (χ4v) is 2.23. The number of carbonyl (C=O) groups is 1. The monoisotopic (exact) mass is 292 g/mol. The summed E-state index contributed by atoms with van der Waals surface area (Å²) in [5.41, 5.74) is 0.406. The molecule has 1 aromatic carbocycles. The maximum absolute atomic E-state index is 13.0. The van der Waals surface area contributed by atoms with Gasteiger partial charge in [0, 0.05) is 32.7 Å². The van der Waals surface area contributed by atoms with Crippen molar-refractivity contribution in [3.05, 3.63) is 29.6 Å². The van der Waals surface area contributed by atoms with Crippen LogP contribution in [0.2, 0.25) is 0 Å². The zero-order valence-corrected chi connectivity index (χ0v) is 11.5. The van der Waals surface area contributed by atoms with Crippen molar-refractivity contribution in [3.8, 4) is 6.07 Å². The van der Waals surface area contributed by atoms with E-state index < -0.39 is 5.82 Å². The molecule has 1 aliphatic rings. The minimum absolute atomic E-state index is 0.0993. The van der Waals surface area contributed by atoms with Gasteiger partial charge in [-0.3, -0.25) is 4.90 Å². The smallest absolute Gasteiger partial charge is 0.321 e. The van der Waals surface area contributed by atoms with Crippen molar-refractivity contribution in [1.82, 2.24) is 9.80 Å². The van der Waals surface area contributed by atoms with Crippen LogP contribution in [0.4, 0.5) is 14.9 Å². The SMILES string of the molecule is N#Cc1cc(F)ccc1NC(=O)N1CCN(CCO)CC1. The van der Waals surface area contributed by atoms with Crippen LogP contribution in [0.5, 0.6) is 0 Å². The molecule has 0 aliphatic carbocycles. The van der Waals surface area contributed by atoms with E-state index in [-0.39, 0.29) is 18.2 Å². The Balaban J connectivity index is 1.95. The molecule has 1 aromatic rings. The molecule has 0 bridgehead atoms. The second kappa shape index (κ2) is 7.02. The van der Waals surface area contributed by atoms with Crippen LogP contribution < -0.4 is 5.32 Å². The number of nitrogens with zero attached hydrogens (tertiary/aromatic N) is 3. The zero-order valence-electron chi connectivity index (χ0n) is 11.5. The molecule has 21 heavy (non-hydrogen) atoms. The minimum atomic E-state index is -0.512. The molecule has 0 spiro atoms. The van der Waals surface area contributed by atoms with E-state index in [2.05, 4.69) is 10.2 Å². The van der Waals surface area contributed by atoms with E-state index in [1.807, 2.05) is 6.07 Å². The molecule has 0 unspecified atom stereocenters. The van der Waals surface area contributed by atoms with Crippen LogP contribution in [0, 0.1) is 17.1 Å². The average molecular weight is 292 g/mol. The van der Waals surface area contributed by atoms with E-state index >= 15 is 0 Å². The normalized spacial score (nSPS) is 15.6. The molecule has 2 N–H and O–H groups in total. The fraction of sp³-hybridized carbons (Fsp3) is 0.429. The number of rotatable bonds is 3. The standard InChI is InChI=1S/C14H17FN4O2/c15-12-1-2-13(11(9-12)10-16)17-14(21)19-5-3-18(4-6-19)7-8-20/h1-2,9,20H,3-8H2,(H,17,21). The van der Waals surface area contributed by atoms with Gasteiger partial charge >= 0.3 is 6.03 Å². The molecule has 0 radical (unpaired) electrons. The van der Waals surface area contributed by atoms with Crippen molar-refractivity contribution >= 4 is 11.7 Å². The Morgan fingerprint density at radius 2 is 2.10 bits per heavy atom. The number of anilines is 1. The molecular weight excluding hydrogens is 275 g/mol. The zero-order chi connectivity index (χ0) is 15.2. The molecule has 6 nitrogen and oxygen atoms in total. The third-order valence-electron chi connectivity index (χ3n) is 3.42. The van der Waals surface area contributed by atoms with Crippen LogP contribution in [-0.4, -0.2) is 60.3 Å². The Bertz CT molecular complexity index is 550. The number of benzene rings is 1. The molecule has 2 amide bonds. The summed E-state index contributed by atoms with van der Waals surface area (Å²) in [4.78, 5) is 15.8. The van der Waals surface area contributed by atoms with Crippen molar-refractivity contribution in [3.63, 3.8) is 0 Å². The predicted molar refractivity (Wildman–Crippen MR) is 75.2 cm³/mol. The van der Waals surface area contributed by atoms with E-state index in [4.69, 9.17) is 10.4 Å². The number of nitrogens with one attached hydrogen (secondary N) is 1. The van der Waals surface area contributed by atoms with Gasteiger partial charge in [-0.05, 0) is 18.2 Å². The highest BCUT2D eigenvalue weighted by Crippen LogP contribution is 2.17. The molecule has 1 aliphatic heterocycles. The summed E-state index contributed by atoms with van der Waals surface area (Å²) in [6.45, 7) is 3.20. The van der Waals surface area contributed by atoms with Gasteiger partial charge in [0.2, 0.25) is 0 Å². The maximum Gasteiger partial charge on any atom is 0.321 e. The second-order valence-corrected chi connectivity index (χ2v) is 4.78. The maximum atomic E-state index is 13.0. The van der Waals surface area contributed by atoms with Crippen LogP contribution in [0.15, 0.2) is 18.2 Å². The van der Waals surface area contributed by atoms with Crippen molar-refractivity contribution < 1.29 is 14.3 Å². The van der Waals surface area contributed by atoms with Crippen molar-refractivity contribution in [2.45, 2.75) is 0 Å². The van der Waals surface area contributed by atoms with E-state index in [1.165, 1.54) is 12.1 Å². The molecule has 2 rings (SSSR count). The van der Waals surface area contributed by atoms with E-state index in [0.29, 0.717) is 38.4 Å². The number of nitriles is 1. The Labute approximate surface area is 122 Å². The number of aliphatic hydroxyl groups excluding tert-OH is 1. The first-order valence-electron chi connectivity index (χ1n) is 6.73. The van der Waals surface area contributed by atoms with Gasteiger partial charge in [0.1, 0.15) is 11.9 Å². The number of aliphatic hydroxyl groups is 1. The van der Waals surface area contributed by atoms with Gasteiger partial charge < -0.3 is 15.3 Å². The summed E-state index contributed by atoms with van der Waals surface area (Å²) in [5, 5.41) is 20.5. The van der Waals surface area contributed by atoms with Gasteiger partial charge in [-0.15, -0.1) is 0 Å². The van der Waals surface area contributed by atoms with Crippen molar-refractivity contribution in [2.24, 2.45) is 0 Å². The quantitative estimate of drug-likeness (QED) is 0.865. The number of amides is 2. The molecule has 7 heteroatoms. The highest BCUT2D eigenvalue weighted by atomic mass is 19.1. The summed E-state index contributed by atoms with van der Waals surface area (Å²) in [5.74, 6) is -0.512. The Kier molecular flexibility index (Phi) is 5.09. The molecule has 1 heterocycles. The first kappa shape index (κ1) is 15.2. The summed E-state index contributed by atoms with van der Waals surface area (Å²) < 4.78 is 13.0. The Morgan fingerprint density at radius 3 is 2.71 bits per heavy atom. The molecule has 0 aromatic heterocycles. The van der Waals surface area contributed by atoms with E-state index in [9.17, 15) is 9.18 Å². The predicted octanol–water partition coefficient (Wildman–Crippen LogP) is 0.839. The molecule has 0 atom stereocenters. The van der Waals surface area contributed by atoms with Crippen LogP contribution >= 0.6 is 0 Å². The molecule has 0 saturated carbocycles. The molecule has 112 valence electrons. The van der Waals surface area contributed by atoms with Gasteiger partial charge in [-0.25, -0.2) is 9.18 Å². The number of urea groups is 1. The number of halogens is 1. The van der Waals surface area contributed by atoms with Gasteiger partial charge in [-0.2, -0.15) is 5.26 Å². The lowest BCUT2D eigenvalue weighted by molar-refractivity contribution is 0.127. The van der Waals surface area contributed by atoms with Gasteiger partial charge in [0.05, 0.1) is 17.9 Å². The Hall–Kier alpha value is -2.17. The topological polar surface area (TPSA) is 79.6 Å². The minimum Gasteiger partial charge on any atom is -0.395 e. The lowest BCUT2D eigenvalue weighted by Crippen LogP contribution is -2.50. The third-order valence-corrected chi connectivity index (χ3v) is 3.42. The van der Waals surface area contributed by atoms with Crippen molar-refractivity contribution in [2.75, 3.05) is 44.6 Å². The first-order valence-corrected chi connectivity index (χ1v) is 6.73. The van der Waals surface area contributed by atoms with Crippen molar-refractivity contribution in [1.29, 1.82) is 5.26 Å². The van der Waals surface area contributed by atoms with Gasteiger partial charge in [-0.1, -0.05) is 0 Å². The van der Waals surface area contributed by atoms with E-state index in [0.717, 1.165) is 6.07 Å². The summed E-state index contributed by atoms with van der Waals surface area (Å²) >= 11 is 0. The summed E-state index contributed by atoms with van der Waals surface area (Å²) in [6.07, 6.45) is 0. The number of hydrogen-bond donors (Lipinski definition) is 2.